The van der Waals surface area contributed by atoms with Gasteiger partial charge in [-0.25, -0.2) is 18.2 Å². The molecule has 0 bridgehead atoms. The number of amides is 1. The molecule has 0 radical (unpaired) electrons. The number of alkyl halides is 1. The van der Waals surface area contributed by atoms with Gasteiger partial charge in [-0.3, -0.25) is 14.7 Å². The number of fused-ring (bicyclic) bond motifs is 2. The van der Waals surface area contributed by atoms with Gasteiger partial charge in [0, 0.05) is 43.3 Å². The summed E-state index contributed by atoms with van der Waals surface area (Å²) in [5.74, 6) is -0.428. The number of carbonyl (C=O) groups excluding carboxylic acids is 1. The molecule has 0 saturated carbocycles. The first-order valence-corrected chi connectivity index (χ1v) is 12.2. The van der Waals surface area contributed by atoms with Crippen LogP contribution >= 0.6 is 11.8 Å². The molecule has 1 fully saturated rings. The lowest BCUT2D eigenvalue weighted by Crippen LogP contribution is -2.51. The van der Waals surface area contributed by atoms with Crippen LogP contribution in [0.3, 0.4) is 0 Å². The van der Waals surface area contributed by atoms with Gasteiger partial charge in [0.15, 0.2) is 5.82 Å². The molecule has 3 aromatic rings. The van der Waals surface area contributed by atoms with Crippen LogP contribution in [0.25, 0.3) is 10.9 Å². The molecule has 4 heterocycles. The highest BCUT2D eigenvalue weighted by Gasteiger charge is 2.29. The Labute approximate surface area is 199 Å². The van der Waals surface area contributed by atoms with Crippen molar-refractivity contribution in [3.8, 4) is 0 Å². The molecule has 178 valence electrons. The molecule has 1 saturated heterocycles. The van der Waals surface area contributed by atoms with Gasteiger partial charge in [0.2, 0.25) is 5.91 Å². The quantitative estimate of drug-likeness (QED) is 0.553. The van der Waals surface area contributed by atoms with Crippen LogP contribution in [0.5, 0.6) is 0 Å². The molecular formula is C24H24F3N5OS. The van der Waals surface area contributed by atoms with E-state index in [1.54, 1.807) is 6.07 Å². The molecule has 2 aliphatic heterocycles. The third-order valence-electron chi connectivity index (χ3n) is 6.25. The standard InChI is InChI=1S/C24H24F3N5OS/c25-15-9-17-14(3-6-28-23(17)18(26)10-15)4-7-32-8-5-20(19(27)12-32)29-11-16-1-2-21-24(30-16)31-22(33)13-34-21/h1-3,6,9-10,19-20,29H,4-5,7-8,11-13H2,(H,30,31,33)/t19-,20+/m1/s1. The molecule has 1 amide bonds. The van der Waals surface area contributed by atoms with E-state index < -0.39 is 17.8 Å². The number of carbonyl (C=O) groups is 1. The monoisotopic (exact) mass is 487 g/mol. The number of nitrogens with zero attached hydrogens (tertiary/aromatic N) is 3. The maximum absolute atomic E-state index is 14.9. The topological polar surface area (TPSA) is 70.2 Å². The van der Waals surface area contributed by atoms with E-state index in [2.05, 4.69) is 20.6 Å². The average molecular weight is 488 g/mol. The summed E-state index contributed by atoms with van der Waals surface area (Å²) in [6.45, 7) is 2.01. The number of hydrogen-bond acceptors (Lipinski definition) is 6. The van der Waals surface area contributed by atoms with Crippen molar-refractivity contribution in [3.05, 3.63) is 59.4 Å². The number of nitrogens with one attached hydrogen (secondary N) is 2. The second kappa shape index (κ2) is 9.89. The second-order valence-corrected chi connectivity index (χ2v) is 9.60. The summed E-state index contributed by atoms with van der Waals surface area (Å²) >= 11 is 1.46. The molecule has 2 N–H and O–H groups in total. The summed E-state index contributed by atoms with van der Waals surface area (Å²) in [4.78, 5) is 23.1. The summed E-state index contributed by atoms with van der Waals surface area (Å²) in [6.07, 6.45) is 1.66. The van der Waals surface area contributed by atoms with Gasteiger partial charge in [0.1, 0.15) is 23.3 Å². The van der Waals surface area contributed by atoms with Crippen molar-refractivity contribution < 1.29 is 18.0 Å². The lowest BCUT2D eigenvalue weighted by molar-refractivity contribution is -0.113. The third-order valence-corrected chi connectivity index (χ3v) is 7.30. The predicted octanol–water partition coefficient (Wildman–Crippen LogP) is 3.70. The average Bonchev–Trinajstić information content (AvgIpc) is 2.82. The van der Waals surface area contributed by atoms with Gasteiger partial charge in [-0.15, -0.1) is 11.8 Å². The van der Waals surface area contributed by atoms with Gasteiger partial charge in [-0.1, -0.05) is 0 Å². The number of benzene rings is 1. The van der Waals surface area contributed by atoms with Crippen molar-refractivity contribution in [3.63, 3.8) is 0 Å². The SMILES string of the molecule is O=C1CSc2ccc(CN[C@H]3CCN(CCc4ccnc5c(F)cc(F)cc45)C[C@H]3F)nc2N1. The largest absolute Gasteiger partial charge is 0.309 e. The highest BCUT2D eigenvalue weighted by Crippen LogP contribution is 2.29. The molecule has 6 nitrogen and oxygen atoms in total. The van der Waals surface area contributed by atoms with Crippen molar-refractivity contribution >= 4 is 34.4 Å². The fourth-order valence-corrected chi connectivity index (χ4v) is 5.23. The first-order valence-electron chi connectivity index (χ1n) is 11.2. The first-order chi connectivity index (χ1) is 16.5. The van der Waals surface area contributed by atoms with Crippen LogP contribution in [-0.2, 0) is 17.8 Å². The highest BCUT2D eigenvalue weighted by atomic mass is 32.2. The Morgan fingerprint density at radius 3 is 2.97 bits per heavy atom. The van der Waals surface area contributed by atoms with Crippen LogP contribution in [0.15, 0.2) is 41.4 Å². The minimum Gasteiger partial charge on any atom is -0.309 e. The van der Waals surface area contributed by atoms with Crippen LogP contribution < -0.4 is 10.6 Å². The Kier molecular flexibility index (Phi) is 6.71. The van der Waals surface area contributed by atoms with E-state index >= 15 is 0 Å². The summed E-state index contributed by atoms with van der Waals surface area (Å²) in [5.41, 5.74) is 1.70. The number of aromatic nitrogens is 2. The van der Waals surface area contributed by atoms with Gasteiger partial charge in [0.05, 0.1) is 16.3 Å². The number of anilines is 1. The summed E-state index contributed by atoms with van der Waals surface area (Å²) in [6, 6.07) is 7.42. The Bertz CT molecular complexity index is 1230. The van der Waals surface area contributed by atoms with E-state index in [0.717, 1.165) is 22.2 Å². The minimum atomic E-state index is -1.05. The fourth-order valence-electron chi connectivity index (χ4n) is 4.47. The smallest absolute Gasteiger partial charge is 0.235 e. The van der Waals surface area contributed by atoms with Gasteiger partial charge < -0.3 is 10.6 Å². The zero-order valence-electron chi connectivity index (χ0n) is 18.4. The van der Waals surface area contributed by atoms with Crippen LogP contribution in [0.1, 0.15) is 17.7 Å². The normalized spacial score (nSPS) is 20.9. The maximum Gasteiger partial charge on any atom is 0.235 e. The molecule has 0 spiro atoms. The molecule has 2 atom stereocenters. The predicted molar refractivity (Wildman–Crippen MR) is 126 cm³/mol. The van der Waals surface area contributed by atoms with Crippen molar-refractivity contribution in [1.82, 2.24) is 20.2 Å². The zero-order valence-corrected chi connectivity index (χ0v) is 19.2. The molecule has 5 rings (SSSR count). The molecule has 10 heteroatoms. The number of rotatable bonds is 6. The van der Waals surface area contributed by atoms with Crippen molar-refractivity contribution in [2.75, 3.05) is 30.7 Å². The van der Waals surface area contributed by atoms with Gasteiger partial charge in [0.25, 0.3) is 0 Å². The first kappa shape index (κ1) is 23.1. The molecule has 0 unspecified atom stereocenters. The van der Waals surface area contributed by atoms with E-state index in [9.17, 15) is 18.0 Å². The molecule has 34 heavy (non-hydrogen) atoms. The van der Waals surface area contributed by atoms with Gasteiger partial charge in [-0.05, 0) is 49.2 Å². The zero-order chi connectivity index (χ0) is 23.7. The van der Waals surface area contributed by atoms with E-state index in [4.69, 9.17) is 0 Å². The molecule has 0 aliphatic carbocycles. The van der Waals surface area contributed by atoms with Gasteiger partial charge >= 0.3 is 0 Å². The van der Waals surface area contributed by atoms with Crippen molar-refractivity contribution in [2.24, 2.45) is 0 Å². The van der Waals surface area contributed by atoms with E-state index in [1.165, 1.54) is 24.0 Å². The minimum absolute atomic E-state index is 0.0682. The third kappa shape index (κ3) is 5.03. The maximum atomic E-state index is 14.9. The van der Waals surface area contributed by atoms with Crippen molar-refractivity contribution in [2.45, 2.75) is 36.5 Å². The number of pyridine rings is 2. The van der Waals surface area contributed by atoms with Crippen LogP contribution in [0.4, 0.5) is 19.0 Å². The van der Waals surface area contributed by atoms with E-state index in [0.29, 0.717) is 49.4 Å². The molecule has 2 aromatic heterocycles. The summed E-state index contributed by atoms with van der Waals surface area (Å²) in [7, 11) is 0. The molecule has 1 aromatic carbocycles. The van der Waals surface area contributed by atoms with Gasteiger partial charge in [-0.2, -0.15) is 0 Å². The number of piperidine rings is 1. The number of likely N-dealkylation sites (tertiary alicyclic amines) is 1. The van der Waals surface area contributed by atoms with Crippen LogP contribution in [-0.4, -0.2) is 58.4 Å². The lowest BCUT2D eigenvalue weighted by Gasteiger charge is -2.35. The Morgan fingerprint density at radius 1 is 1.24 bits per heavy atom. The van der Waals surface area contributed by atoms with Crippen LogP contribution in [0, 0.1) is 11.6 Å². The Morgan fingerprint density at radius 2 is 2.12 bits per heavy atom. The van der Waals surface area contributed by atoms with E-state index in [-0.39, 0.29) is 24.0 Å². The molecule has 2 aliphatic rings. The van der Waals surface area contributed by atoms with Crippen LogP contribution in [0.2, 0.25) is 0 Å². The van der Waals surface area contributed by atoms with E-state index in [1.807, 2.05) is 17.0 Å². The number of halogens is 3. The summed E-state index contributed by atoms with van der Waals surface area (Å²) < 4.78 is 42.6. The summed E-state index contributed by atoms with van der Waals surface area (Å²) in [5, 5.41) is 6.49. The van der Waals surface area contributed by atoms with Crippen molar-refractivity contribution in [1.29, 1.82) is 0 Å². The second-order valence-electron chi connectivity index (χ2n) is 8.58. The fraction of sp³-hybridized carbons (Fsp3) is 0.375. The highest BCUT2D eigenvalue weighted by molar-refractivity contribution is 8.00. The number of hydrogen-bond donors (Lipinski definition) is 2. The Balaban J connectivity index is 1.15. The lowest BCUT2D eigenvalue weighted by atomic mass is 10.0. The molecular weight excluding hydrogens is 463 g/mol. The Hall–Kier alpha value is -2.69. The number of thioether (sulfide) groups is 1.